The van der Waals surface area contributed by atoms with Crippen LogP contribution in [-0.2, 0) is 14.3 Å². The molecule has 1 saturated heterocycles. The van der Waals surface area contributed by atoms with Gasteiger partial charge in [0.15, 0.2) is 0 Å². The molecule has 0 radical (unpaired) electrons. The predicted molar refractivity (Wildman–Crippen MR) is 53.5 cm³/mol. The van der Waals surface area contributed by atoms with Crippen molar-refractivity contribution in [3.05, 3.63) is 0 Å². The third-order valence-electron chi connectivity index (χ3n) is 2.42. The molecule has 1 aliphatic rings. The Morgan fingerprint density at radius 3 is 2.76 bits per heavy atom. The summed E-state index contributed by atoms with van der Waals surface area (Å²) < 4.78 is 44.9. The van der Waals surface area contributed by atoms with Gasteiger partial charge in [0, 0.05) is 20.2 Å². The molecule has 1 rings (SSSR count). The van der Waals surface area contributed by atoms with E-state index in [0.717, 1.165) is 12.8 Å². The molecular weight excluding hydrogens is 239 g/mol. The van der Waals surface area contributed by atoms with Gasteiger partial charge in [0.1, 0.15) is 13.2 Å². The van der Waals surface area contributed by atoms with Crippen LogP contribution in [0.25, 0.3) is 0 Å². The number of ether oxygens (including phenoxy) is 2. The molecule has 17 heavy (non-hydrogen) atoms. The molecule has 1 amide bonds. The topological polar surface area (TPSA) is 38.8 Å². The highest BCUT2D eigenvalue weighted by molar-refractivity contribution is 5.77. The van der Waals surface area contributed by atoms with E-state index in [2.05, 4.69) is 4.74 Å². The molecule has 0 aliphatic carbocycles. The second kappa shape index (κ2) is 6.20. The SMILES string of the molecule is CN(CC1CCCO1)C(=O)COCC(F)(F)F. The van der Waals surface area contributed by atoms with E-state index in [9.17, 15) is 18.0 Å². The number of carbonyl (C=O) groups excluding carboxylic acids is 1. The van der Waals surface area contributed by atoms with Gasteiger partial charge in [0.05, 0.1) is 6.10 Å². The first-order valence-corrected chi connectivity index (χ1v) is 5.38. The Bertz CT molecular complexity index is 252. The van der Waals surface area contributed by atoms with Gasteiger partial charge in [-0.15, -0.1) is 0 Å². The average Bonchev–Trinajstić information content (AvgIpc) is 2.68. The van der Waals surface area contributed by atoms with Crippen LogP contribution in [-0.4, -0.2) is 56.5 Å². The number of hydrogen-bond donors (Lipinski definition) is 0. The maximum Gasteiger partial charge on any atom is 0.411 e. The van der Waals surface area contributed by atoms with Crippen molar-refractivity contribution in [3.63, 3.8) is 0 Å². The van der Waals surface area contributed by atoms with Gasteiger partial charge in [-0.1, -0.05) is 0 Å². The van der Waals surface area contributed by atoms with E-state index in [4.69, 9.17) is 4.74 Å². The van der Waals surface area contributed by atoms with Crippen LogP contribution in [0.4, 0.5) is 13.2 Å². The molecule has 0 saturated carbocycles. The second-order valence-electron chi connectivity index (χ2n) is 4.02. The number of amides is 1. The molecule has 1 fully saturated rings. The molecule has 0 N–H and O–H groups in total. The average molecular weight is 255 g/mol. The lowest BCUT2D eigenvalue weighted by molar-refractivity contribution is -0.177. The van der Waals surface area contributed by atoms with Crippen molar-refractivity contribution >= 4 is 5.91 Å². The molecule has 1 unspecified atom stereocenters. The van der Waals surface area contributed by atoms with Crippen molar-refractivity contribution < 1.29 is 27.4 Å². The molecule has 1 atom stereocenters. The summed E-state index contributed by atoms with van der Waals surface area (Å²) in [6, 6.07) is 0. The first-order chi connectivity index (χ1) is 7.88. The highest BCUT2D eigenvalue weighted by Gasteiger charge is 2.28. The highest BCUT2D eigenvalue weighted by Crippen LogP contribution is 2.15. The summed E-state index contributed by atoms with van der Waals surface area (Å²) in [5.74, 6) is -0.468. The fourth-order valence-electron chi connectivity index (χ4n) is 1.56. The minimum Gasteiger partial charge on any atom is -0.376 e. The molecule has 100 valence electrons. The number of nitrogens with zero attached hydrogens (tertiary/aromatic N) is 1. The summed E-state index contributed by atoms with van der Waals surface area (Å²) in [5.41, 5.74) is 0. The van der Waals surface area contributed by atoms with E-state index in [1.807, 2.05) is 0 Å². The molecule has 0 bridgehead atoms. The zero-order chi connectivity index (χ0) is 12.9. The standard InChI is InChI=1S/C10H16F3NO3/c1-14(5-8-3-2-4-17-8)9(15)6-16-7-10(11,12)13/h8H,2-7H2,1H3. The highest BCUT2D eigenvalue weighted by atomic mass is 19.4. The molecule has 0 spiro atoms. The summed E-state index contributed by atoms with van der Waals surface area (Å²) in [6.07, 6.45) is -2.57. The van der Waals surface area contributed by atoms with Crippen molar-refractivity contribution in [2.24, 2.45) is 0 Å². The fraction of sp³-hybridized carbons (Fsp3) is 0.900. The number of rotatable bonds is 5. The summed E-state index contributed by atoms with van der Waals surface area (Å²) in [5, 5.41) is 0. The summed E-state index contributed by atoms with van der Waals surface area (Å²) in [6.45, 7) is -0.874. The van der Waals surface area contributed by atoms with Crippen LogP contribution >= 0.6 is 0 Å². The molecule has 1 heterocycles. The van der Waals surface area contributed by atoms with Gasteiger partial charge >= 0.3 is 6.18 Å². The van der Waals surface area contributed by atoms with E-state index in [-0.39, 0.29) is 6.10 Å². The van der Waals surface area contributed by atoms with Crippen molar-refractivity contribution in [2.45, 2.75) is 25.1 Å². The van der Waals surface area contributed by atoms with Gasteiger partial charge < -0.3 is 14.4 Å². The quantitative estimate of drug-likeness (QED) is 0.741. The molecule has 0 aromatic heterocycles. The van der Waals surface area contributed by atoms with E-state index >= 15 is 0 Å². The zero-order valence-corrected chi connectivity index (χ0v) is 9.63. The van der Waals surface area contributed by atoms with Crippen LogP contribution in [0.3, 0.4) is 0 Å². The zero-order valence-electron chi connectivity index (χ0n) is 9.63. The third-order valence-corrected chi connectivity index (χ3v) is 2.42. The number of likely N-dealkylation sites (N-methyl/N-ethyl adjacent to an activating group) is 1. The van der Waals surface area contributed by atoms with Crippen LogP contribution in [0.2, 0.25) is 0 Å². The number of halogens is 3. The van der Waals surface area contributed by atoms with Gasteiger partial charge in [0.25, 0.3) is 0 Å². The van der Waals surface area contributed by atoms with E-state index < -0.39 is 25.3 Å². The Labute approximate surface area is 97.7 Å². The molecule has 7 heteroatoms. The minimum atomic E-state index is -4.40. The fourth-order valence-corrected chi connectivity index (χ4v) is 1.56. The third kappa shape index (κ3) is 5.88. The first kappa shape index (κ1) is 14.2. The lowest BCUT2D eigenvalue weighted by atomic mass is 10.2. The second-order valence-corrected chi connectivity index (χ2v) is 4.02. The Hall–Kier alpha value is -0.820. The summed E-state index contributed by atoms with van der Waals surface area (Å²) in [7, 11) is 1.53. The van der Waals surface area contributed by atoms with Crippen molar-refractivity contribution in [3.8, 4) is 0 Å². The monoisotopic (exact) mass is 255 g/mol. The Balaban J connectivity index is 2.17. The van der Waals surface area contributed by atoms with E-state index in [1.54, 1.807) is 0 Å². The van der Waals surface area contributed by atoms with E-state index in [1.165, 1.54) is 11.9 Å². The van der Waals surface area contributed by atoms with Gasteiger partial charge in [-0.25, -0.2) is 0 Å². The van der Waals surface area contributed by atoms with Crippen LogP contribution in [0.1, 0.15) is 12.8 Å². The molecule has 4 nitrogen and oxygen atoms in total. The molecule has 0 aromatic rings. The largest absolute Gasteiger partial charge is 0.411 e. The van der Waals surface area contributed by atoms with Crippen molar-refractivity contribution in [1.82, 2.24) is 4.90 Å². The van der Waals surface area contributed by atoms with Crippen LogP contribution in [0.5, 0.6) is 0 Å². The predicted octanol–water partition coefficient (Wildman–Crippen LogP) is 1.20. The van der Waals surface area contributed by atoms with Gasteiger partial charge in [0.2, 0.25) is 5.91 Å². The van der Waals surface area contributed by atoms with E-state index in [0.29, 0.717) is 13.2 Å². The molecular formula is C10H16F3NO3. The van der Waals surface area contributed by atoms with Gasteiger partial charge in [-0.2, -0.15) is 13.2 Å². The summed E-state index contributed by atoms with van der Waals surface area (Å²) in [4.78, 5) is 12.7. The lowest BCUT2D eigenvalue weighted by Crippen LogP contribution is -2.37. The maximum atomic E-state index is 11.8. The van der Waals surface area contributed by atoms with Gasteiger partial charge in [-0.05, 0) is 12.8 Å². The van der Waals surface area contributed by atoms with Gasteiger partial charge in [-0.3, -0.25) is 4.79 Å². The number of alkyl halides is 3. The lowest BCUT2D eigenvalue weighted by Gasteiger charge is -2.20. The van der Waals surface area contributed by atoms with Crippen LogP contribution in [0.15, 0.2) is 0 Å². The van der Waals surface area contributed by atoms with Crippen molar-refractivity contribution in [1.29, 1.82) is 0 Å². The molecule has 1 aliphatic heterocycles. The summed E-state index contributed by atoms with van der Waals surface area (Å²) >= 11 is 0. The maximum absolute atomic E-state index is 11.8. The Morgan fingerprint density at radius 2 is 2.24 bits per heavy atom. The Morgan fingerprint density at radius 1 is 1.53 bits per heavy atom. The first-order valence-electron chi connectivity index (χ1n) is 5.38. The normalized spacial score (nSPS) is 20.6. The molecule has 0 aromatic carbocycles. The van der Waals surface area contributed by atoms with Crippen LogP contribution in [0, 0.1) is 0 Å². The van der Waals surface area contributed by atoms with Crippen molar-refractivity contribution in [2.75, 3.05) is 33.4 Å². The smallest absolute Gasteiger partial charge is 0.376 e. The number of hydrogen-bond acceptors (Lipinski definition) is 3. The minimum absolute atomic E-state index is 0.00781. The van der Waals surface area contributed by atoms with Crippen LogP contribution < -0.4 is 0 Å². The number of carbonyl (C=O) groups is 1. The Kier molecular flexibility index (Phi) is 5.20.